The van der Waals surface area contributed by atoms with Gasteiger partial charge in [0.15, 0.2) is 0 Å². The van der Waals surface area contributed by atoms with E-state index in [-0.39, 0.29) is 0 Å². The van der Waals surface area contributed by atoms with Crippen molar-refractivity contribution in [3.63, 3.8) is 0 Å². The minimum Gasteiger partial charge on any atom is -0.492 e. The van der Waals surface area contributed by atoms with E-state index in [1.807, 2.05) is 47.0 Å². The molecule has 0 radical (unpaired) electrons. The van der Waals surface area contributed by atoms with Crippen LogP contribution in [0.2, 0.25) is 0 Å². The van der Waals surface area contributed by atoms with Gasteiger partial charge in [-0.3, -0.25) is 0 Å². The molecule has 0 spiro atoms. The topological polar surface area (TPSA) is 27.7 Å². The van der Waals surface area contributed by atoms with E-state index in [9.17, 15) is 0 Å². The summed E-state index contributed by atoms with van der Waals surface area (Å²) in [5.41, 5.74) is 2.58. The average Bonchev–Trinajstić information content (AvgIpc) is 2.96. The Morgan fingerprint density at radius 1 is 0.436 bits per heavy atom. The lowest BCUT2D eigenvalue weighted by Crippen LogP contribution is -2.07. The molecule has 0 N–H and O–H groups in total. The summed E-state index contributed by atoms with van der Waals surface area (Å²) >= 11 is 7.77. The zero-order chi connectivity index (χ0) is 26.5. The van der Waals surface area contributed by atoms with E-state index in [0.29, 0.717) is 0 Å². The highest BCUT2D eigenvalue weighted by molar-refractivity contribution is 8.02. The molecule has 0 unspecified atom stereocenters. The van der Waals surface area contributed by atoms with Crippen molar-refractivity contribution in [2.75, 3.05) is 60.9 Å². The SMILES string of the molecule is c1ccc2cc3c(cc2c1)CSCCSCc1cc2ccccc2cc1OCCSCCOCCSCCO3. The molecule has 0 amide bonds. The van der Waals surface area contributed by atoms with Gasteiger partial charge in [-0.1, -0.05) is 48.5 Å². The Balaban J connectivity index is 1.25. The zero-order valence-electron chi connectivity index (χ0n) is 22.3. The van der Waals surface area contributed by atoms with Crippen LogP contribution >= 0.6 is 47.0 Å². The summed E-state index contributed by atoms with van der Waals surface area (Å²) in [6.07, 6.45) is 0. The quantitative estimate of drug-likeness (QED) is 0.201. The zero-order valence-corrected chi connectivity index (χ0v) is 25.5. The molecule has 0 saturated carbocycles. The highest BCUT2D eigenvalue weighted by Gasteiger charge is 2.10. The van der Waals surface area contributed by atoms with Gasteiger partial charge in [0, 0.05) is 57.1 Å². The van der Waals surface area contributed by atoms with Crippen molar-refractivity contribution in [1.82, 2.24) is 0 Å². The van der Waals surface area contributed by atoms with Crippen molar-refractivity contribution in [2.24, 2.45) is 0 Å². The second-order valence-corrected chi connectivity index (χ2v) is 13.9. The molecule has 0 bridgehead atoms. The predicted octanol–water partition coefficient (Wildman–Crippen LogP) is 8.41. The Hall–Kier alpha value is -1.64. The molecular formula is C32H36O3S4. The third-order valence-corrected chi connectivity index (χ3v) is 10.6. The Kier molecular flexibility index (Phi) is 11.8. The van der Waals surface area contributed by atoms with Gasteiger partial charge >= 0.3 is 0 Å². The number of fused-ring (bicyclic) bond motifs is 4. The maximum absolute atomic E-state index is 6.30. The maximum atomic E-state index is 6.30. The molecule has 39 heavy (non-hydrogen) atoms. The highest BCUT2D eigenvalue weighted by Crippen LogP contribution is 2.32. The van der Waals surface area contributed by atoms with Crippen molar-refractivity contribution in [1.29, 1.82) is 0 Å². The second kappa shape index (κ2) is 16.0. The normalized spacial score (nSPS) is 17.4. The minimum atomic E-state index is 0.723. The van der Waals surface area contributed by atoms with E-state index < -0.39 is 0 Å². The number of benzene rings is 4. The average molecular weight is 597 g/mol. The summed E-state index contributed by atoms with van der Waals surface area (Å²) in [5, 5.41) is 5.03. The molecule has 4 aromatic rings. The monoisotopic (exact) mass is 596 g/mol. The Labute approximate surface area is 249 Å². The Morgan fingerprint density at radius 2 is 0.846 bits per heavy atom. The molecule has 0 fully saturated rings. The van der Waals surface area contributed by atoms with E-state index in [4.69, 9.17) is 14.2 Å². The number of thioether (sulfide) groups is 4. The molecule has 206 valence electrons. The van der Waals surface area contributed by atoms with Crippen LogP contribution in [-0.4, -0.2) is 60.9 Å². The van der Waals surface area contributed by atoms with Crippen LogP contribution in [0.25, 0.3) is 21.5 Å². The molecule has 0 aliphatic carbocycles. The van der Waals surface area contributed by atoms with Gasteiger partial charge in [-0.05, 0) is 45.8 Å². The van der Waals surface area contributed by atoms with E-state index in [0.717, 1.165) is 83.9 Å². The lowest BCUT2D eigenvalue weighted by Gasteiger charge is -2.14. The fraction of sp³-hybridized carbons (Fsp3) is 0.375. The van der Waals surface area contributed by atoms with Gasteiger partial charge in [0.1, 0.15) is 11.5 Å². The van der Waals surface area contributed by atoms with Crippen molar-refractivity contribution in [3.05, 3.63) is 83.9 Å². The summed E-state index contributed by atoms with van der Waals surface area (Å²) in [6, 6.07) is 26.2. The molecule has 0 aromatic heterocycles. The minimum absolute atomic E-state index is 0.723. The molecule has 3 nitrogen and oxygen atoms in total. The van der Waals surface area contributed by atoms with Crippen molar-refractivity contribution in [2.45, 2.75) is 11.5 Å². The molecule has 1 heterocycles. The lowest BCUT2D eigenvalue weighted by molar-refractivity contribution is 0.167. The molecule has 1 aliphatic rings. The van der Waals surface area contributed by atoms with Crippen LogP contribution in [0.3, 0.4) is 0 Å². The largest absolute Gasteiger partial charge is 0.492 e. The molecule has 0 saturated heterocycles. The second-order valence-electron chi connectivity index (χ2n) is 9.25. The van der Waals surface area contributed by atoms with Gasteiger partial charge < -0.3 is 14.2 Å². The lowest BCUT2D eigenvalue weighted by atomic mass is 10.1. The Bertz CT molecular complexity index is 1230. The van der Waals surface area contributed by atoms with E-state index in [2.05, 4.69) is 72.8 Å². The smallest absolute Gasteiger partial charge is 0.124 e. The first kappa shape index (κ1) is 28.9. The van der Waals surface area contributed by atoms with Gasteiger partial charge in [0.05, 0.1) is 26.4 Å². The number of hydrogen-bond acceptors (Lipinski definition) is 7. The first-order chi connectivity index (χ1) is 19.4. The van der Waals surface area contributed by atoms with Crippen molar-refractivity contribution in [3.8, 4) is 11.5 Å². The van der Waals surface area contributed by atoms with E-state index in [1.54, 1.807) is 0 Å². The van der Waals surface area contributed by atoms with Crippen molar-refractivity contribution >= 4 is 68.6 Å². The summed E-state index contributed by atoms with van der Waals surface area (Å²) < 4.78 is 18.4. The standard InChI is InChI=1S/C32H36O3S4/c1-3-7-27-21-31-29(19-25(27)5-1)23-38-17-18-39-24-30-20-26-6-2-4-8-28(26)22-32(30)35-12-16-37-14-10-33-9-13-36-15-11-34-31/h1-8,19-22H,9-18,23-24H2. The summed E-state index contributed by atoms with van der Waals surface area (Å²) in [6.45, 7) is 3.02. The molecular weight excluding hydrogens is 561 g/mol. The van der Waals surface area contributed by atoms with Gasteiger partial charge in [0.25, 0.3) is 0 Å². The molecule has 5 rings (SSSR count). The number of rotatable bonds is 0. The van der Waals surface area contributed by atoms with Crippen LogP contribution in [0.15, 0.2) is 72.8 Å². The van der Waals surface area contributed by atoms with Crippen molar-refractivity contribution < 1.29 is 14.2 Å². The Morgan fingerprint density at radius 3 is 1.31 bits per heavy atom. The van der Waals surface area contributed by atoms with Gasteiger partial charge in [-0.25, -0.2) is 0 Å². The number of hydrogen-bond donors (Lipinski definition) is 0. The molecule has 4 aromatic carbocycles. The number of ether oxygens (including phenoxy) is 3. The third kappa shape index (κ3) is 8.92. The van der Waals surface area contributed by atoms with Gasteiger partial charge in [-0.2, -0.15) is 47.0 Å². The van der Waals surface area contributed by atoms with Crippen LogP contribution in [0.5, 0.6) is 11.5 Å². The summed E-state index contributed by atoms with van der Waals surface area (Å²) in [7, 11) is 0. The van der Waals surface area contributed by atoms with Crippen LogP contribution in [-0.2, 0) is 16.2 Å². The van der Waals surface area contributed by atoms with Gasteiger partial charge in [0.2, 0.25) is 0 Å². The first-order valence-electron chi connectivity index (χ1n) is 13.5. The summed E-state index contributed by atoms with van der Waals surface area (Å²) in [4.78, 5) is 0. The molecule has 7 heteroatoms. The summed E-state index contributed by atoms with van der Waals surface area (Å²) in [5.74, 6) is 10.1. The molecule has 1 aliphatic heterocycles. The van der Waals surface area contributed by atoms with E-state index >= 15 is 0 Å². The molecule has 0 atom stereocenters. The van der Waals surface area contributed by atoms with Gasteiger partial charge in [-0.15, -0.1) is 0 Å². The van der Waals surface area contributed by atoms with Crippen LogP contribution in [0.1, 0.15) is 11.1 Å². The van der Waals surface area contributed by atoms with Crippen LogP contribution in [0.4, 0.5) is 0 Å². The maximum Gasteiger partial charge on any atom is 0.124 e. The van der Waals surface area contributed by atoms with Crippen LogP contribution in [0, 0.1) is 0 Å². The fourth-order valence-corrected chi connectivity index (χ4v) is 7.88. The van der Waals surface area contributed by atoms with E-state index in [1.165, 1.54) is 32.7 Å². The third-order valence-electron chi connectivity index (χ3n) is 6.46. The first-order valence-corrected chi connectivity index (χ1v) is 18.2. The predicted molar refractivity (Wildman–Crippen MR) is 177 cm³/mol. The fourth-order valence-electron chi connectivity index (χ4n) is 4.47. The van der Waals surface area contributed by atoms with Crippen LogP contribution < -0.4 is 9.47 Å². The highest BCUT2D eigenvalue weighted by atomic mass is 32.2.